The summed E-state index contributed by atoms with van der Waals surface area (Å²) in [6.07, 6.45) is 2.20. The predicted molar refractivity (Wildman–Crippen MR) is 79.8 cm³/mol. The summed E-state index contributed by atoms with van der Waals surface area (Å²) in [5.74, 6) is 1.01. The Hall–Kier alpha value is -1.06. The minimum atomic E-state index is 0.617. The lowest BCUT2D eigenvalue weighted by Crippen LogP contribution is -2.16. The highest BCUT2D eigenvalue weighted by atomic mass is 16.5. The van der Waals surface area contributed by atoms with Crippen molar-refractivity contribution in [3.05, 3.63) is 29.3 Å². The highest BCUT2D eigenvalue weighted by Gasteiger charge is 2.06. The van der Waals surface area contributed by atoms with Crippen LogP contribution in [0, 0.1) is 6.92 Å². The molecule has 0 saturated heterocycles. The van der Waals surface area contributed by atoms with Crippen LogP contribution in [0.4, 0.5) is 0 Å². The van der Waals surface area contributed by atoms with Crippen LogP contribution in [0.15, 0.2) is 18.2 Å². The second kappa shape index (κ2) is 9.82. The van der Waals surface area contributed by atoms with E-state index in [2.05, 4.69) is 44.3 Å². The zero-order chi connectivity index (χ0) is 13.9. The molecule has 1 N–H and O–H groups in total. The standard InChI is InChI=1S/C16H27NO2/c1-4-9-17-13-15-8-6-7-14(3)16(15)19-12-11-18-10-5-2/h6-8,17H,4-5,9-13H2,1-3H3. The van der Waals surface area contributed by atoms with Gasteiger partial charge in [-0.2, -0.15) is 0 Å². The average Bonchev–Trinajstić information content (AvgIpc) is 2.41. The van der Waals surface area contributed by atoms with Crippen LogP contribution < -0.4 is 10.1 Å². The summed E-state index contributed by atoms with van der Waals surface area (Å²) in [6, 6.07) is 6.29. The van der Waals surface area contributed by atoms with E-state index in [1.165, 1.54) is 11.1 Å². The Kier molecular flexibility index (Phi) is 8.26. The second-order valence-electron chi connectivity index (χ2n) is 4.70. The number of benzene rings is 1. The largest absolute Gasteiger partial charge is 0.491 e. The van der Waals surface area contributed by atoms with Crippen molar-refractivity contribution in [1.82, 2.24) is 5.32 Å². The second-order valence-corrected chi connectivity index (χ2v) is 4.70. The fraction of sp³-hybridized carbons (Fsp3) is 0.625. The van der Waals surface area contributed by atoms with Gasteiger partial charge in [-0.15, -0.1) is 0 Å². The number of aryl methyl sites for hydroxylation is 1. The van der Waals surface area contributed by atoms with Gasteiger partial charge in [0, 0.05) is 18.7 Å². The van der Waals surface area contributed by atoms with E-state index in [9.17, 15) is 0 Å². The van der Waals surface area contributed by atoms with Gasteiger partial charge in [-0.1, -0.05) is 32.0 Å². The molecule has 0 heterocycles. The maximum Gasteiger partial charge on any atom is 0.126 e. The van der Waals surface area contributed by atoms with Gasteiger partial charge >= 0.3 is 0 Å². The number of hydrogen-bond acceptors (Lipinski definition) is 3. The summed E-state index contributed by atoms with van der Waals surface area (Å²) in [4.78, 5) is 0. The summed E-state index contributed by atoms with van der Waals surface area (Å²) in [6.45, 7) is 10.3. The Morgan fingerprint density at radius 3 is 2.63 bits per heavy atom. The molecule has 0 atom stereocenters. The molecule has 3 heteroatoms. The van der Waals surface area contributed by atoms with Crippen LogP contribution >= 0.6 is 0 Å². The van der Waals surface area contributed by atoms with Crippen molar-refractivity contribution in [3.8, 4) is 5.75 Å². The van der Waals surface area contributed by atoms with Crippen LogP contribution in [-0.2, 0) is 11.3 Å². The molecule has 0 saturated carbocycles. The summed E-state index contributed by atoms with van der Waals surface area (Å²) >= 11 is 0. The van der Waals surface area contributed by atoms with E-state index >= 15 is 0 Å². The van der Waals surface area contributed by atoms with Crippen molar-refractivity contribution in [3.63, 3.8) is 0 Å². The van der Waals surface area contributed by atoms with Crippen molar-refractivity contribution in [2.24, 2.45) is 0 Å². The molecule has 0 bridgehead atoms. The first-order valence-corrected chi connectivity index (χ1v) is 7.29. The van der Waals surface area contributed by atoms with Crippen LogP contribution in [0.2, 0.25) is 0 Å². The van der Waals surface area contributed by atoms with Crippen LogP contribution in [-0.4, -0.2) is 26.4 Å². The van der Waals surface area contributed by atoms with Crippen LogP contribution in [0.3, 0.4) is 0 Å². The third-order valence-corrected chi connectivity index (χ3v) is 2.86. The highest BCUT2D eigenvalue weighted by molar-refractivity contribution is 5.40. The van der Waals surface area contributed by atoms with E-state index < -0.39 is 0 Å². The third kappa shape index (κ3) is 6.08. The Morgan fingerprint density at radius 1 is 1.05 bits per heavy atom. The Labute approximate surface area is 117 Å². The number of nitrogens with one attached hydrogen (secondary N) is 1. The van der Waals surface area contributed by atoms with Crippen molar-refractivity contribution in [1.29, 1.82) is 0 Å². The van der Waals surface area contributed by atoms with Gasteiger partial charge < -0.3 is 14.8 Å². The van der Waals surface area contributed by atoms with Crippen LogP contribution in [0.25, 0.3) is 0 Å². The number of ether oxygens (including phenoxy) is 2. The smallest absolute Gasteiger partial charge is 0.126 e. The van der Waals surface area contributed by atoms with Gasteiger partial charge in [0.2, 0.25) is 0 Å². The molecule has 19 heavy (non-hydrogen) atoms. The average molecular weight is 265 g/mol. The molecule has 0 amide bonds. The third-order valence-electron chi connectivity index (χ3n) is 2.86. The molecule has 0 unspecified atom stereocenters. The molecule has 0 radical (unpaired) electrons. The monoisotopic (exact) mass is 265 g/mol. The van der Waals surface area contributed by atoms with Crippen molar-refractivity contribution in [2.75, 3.05) is 26.4 Å². The fourth-order valence-corrected chi connectivity index (χ4v) is 1.91. The zero-order valence-electron chi connectivity index (χ0n) is 12.5. The molecule has 0 fully saturated rings. The van der Waals surface area contributed by atoms with Gasteiger partial charge in [-0.05, 0) is 31.9 Å². The van der Waals surface area contributed by atoms with Crippen molar-refractivity contribution >= 4 is 0 Å². The molecule has 0 spiro atoms. The maximum absolute atomic E-state index is 5.88. The molecular formula is C16H27NO2. The first-order chi connectivity index (χ1) is 9.29. The van der Waals surface area contributed by atoms with Gasteiger partial charge in [0.15, 0.2) is 0 Å². The van der Waals surface area contributed by atoms with E-state index in [-0.39, 0.29) is 0 Å². The molecule has 0 aliphatic rings. The lowest BCUT2D eigenvalue weighted by molar-refractivity contribution is 0.1000. The maximum atomic E-state index is 5.88. The van der Waals surface area contributed by atoms with Gasteiger partial charge in [-0.25, -0.2) is 0 Å². The molecule has 0 aromatic heterocycles. The minimum Gasteiger partial charge on any atom is -0.491 e. The quantitative estimate of drug-likeness (QED) is 0.658. The molecule has 0 aliphatic carbocycles. The number of rotatable bonds is 10. The number of hydrogen-bond donors (Lipinski definition) is 1. The van der Waals surface area contributed by atoms with E-state index in [1.807, 2.05) is 0 Å². The molecule has 3 nitrogen and oxygen atoms in total. The van der Waals surface area contributed by atoms with E-state index in [1.54, 1.807) is 0 Å². The van der Waals surface area contributed by atoms with Gasteiger partial charge in [0.05, 0.1) is 6.61 Å². The topological polar surface area (TPSA) is 30.5 Å². The Bertz CT molecular complexity index is 353. The Morgan fingerprint density at radius 2 is 1.89 bits per heavy atom. The van der Waals surface area contributed by atoms with E-state index in [0.717, 1.165) is 38.3 Å². The van der Waals surface area contributed by atoms with Gasteiger partial charge in [0.25, 0.3) is 0 Å². The normalized spacial score (nSPS) is 10.7. The molecule has 1 aromatic rings. The molecule has 1 rings (SSSR count). The molecular weight excluding hydrogens is 238 g/mol. The predicted octanol–water partition coefficient (Wildman–Crippen LogP) is 3.30. The number of para-hydroxylation sites is 1. The SMILES string of the molecule is CCCNCc1cccc(C)c1OCCOCCC. The summed E-state index contributed by atoms with van der Waals surface area (Å²) in [5, 5.41) is 3.42. The van der Waals surface area contributed by atoms with E-state index in [0.29, 0.717) is 13.2 Å². The first kappa shape index (κ1) is 16.0. The van der Waals surface area contributed by atoms with Crippen LogP contribution in [0.1, 0.15) is 37.8 Å². The first-order valence-electron chi connectivity index (χ1n) is 7.29. The lowest BCUT2D eigenvalue weighted by Gasteiger charge is -2.14. The lowest BCUT2D eigenvalue weighted by atomic mass is 10.1. The molecule has 1 aromatic carbocycles. The van der Waals surface area contributed by atoms with Crippen molar-refractivity contribution < 1.29 is 9.47 Å². The van der Waals surface area contributed by atoms with Gasteiger partial charge in [0.1, 0.15) is 12.4 Å². The molecule has 108 valence electrons. The minimum absolute atomic E-state index is 0.617. The fourth-order valence-electron chi connectivity index (χ4n) is 1.91. The summed E-state index contributed by atoms with van der Waals surface area (Å²) < 4.78 is 11.3. The van der Waals surface area contributed by atoms with E-state index in [4.69, 9.17) is 9.47 Å². The van der Waals surface area contributed by atoms with Gasteiger partial charge in [-0.3, -0.25) is 0 Å². The molecule has 0 aliphatic heterocycles. The van der Waals surface area contributed by atoms with Crippen LogP contribution in [0.5, 0.6) is 5.75 Å². The summed E-state index contributed by atoms with van der Waals surface area (Å²) in [5.41, 5.74) is 2.41. The zero-order valence-corrected chi connectivity index (χ0v) is 12.5. The Balaban J connectivity index is 2.49. The highest BCUT2D eigenvalue weighted by Crippen LogP contribution is 2.23. The summed E-state index contributed by atoms with van der Waals surface area (Å²) in [7, 11) is 0. The van der Waals surface area contributed by atoms with Crippen molar-refractivity contribution in [2.45, 2.75) is 40.2 Å².